The van der Waals surface area contributed by atoms with Gasteiger partial charge in [-0.15, -0.1) is 0 Å². The summed E-state index contributed by atoms with van der Waals surface area (Å²) in [7, 11) is 1.39. The first-order valence-corrected chi connectivity index (χ1v) is 15.0. The molecule has 1 unspecified atom stereocenters. The summed E-state index contributed by atoms with van der Waals surface area (Å²) in [5.74, 6) is 0. The number of aliphatic hydroxyl groups excluding tert-OH is 1. The number of hydrogen-bond donors (Lipinski definition) is 1. The summed E-state index contributed by atoms with van der Waals surface area (Å²) < 4.78 is 28.5. The lowest BCUT2D eigenvalue weighted by Crippen LogP contribution is -2.37. The van der Waals surface area contributed by atoms with Crippen LogP contribution < -0.4 is 0 Å². The van der Waals surface area contributed by atoms with Crippen LogP contribution in [0.3, 0.4) is 0 Å². The number of fused-ring (bicyclic) bond motifs is 1. The van der Waals surface area contributed by atoms with Crippen molar-refractivity contribution < 1.29 is 13.9 Å². The van der Waals surface area contributed by atoms with E-state index in [4.69, 9.17) is 11.6 Å². The molecule has 0 amide bonds. The Balaban J connectivity index is 1.50. The Bertz CT molecular complexity index is 1350. The SMILES string of the molecule is OC1CCCN(Cc2ccc(-c3cnc4c(c3)c(-c3cccc(C(F)F)c3)c(Cl)n4SI)cc2)C1. The molecule has 35 heavy (non-hydrogen) atoms. The number of halogens is 4. The minimum atomic E-state index is -2.55. The number of likely N-dealkylation sites (tertiary alicyclic amines) is 1. The molecule has 2 aromatic heterocycles. The van der Waals surface area contributed by atoms with Gasteiger partial charge in [0.05, 0.1) is 6.10 Å². The molecular weight excluding hydrogens is 603 g/mol. The van der Waals surface area contributed by atoms with Crippen molar-refractivity contribution in [3.05, 3.63) is 77.1 Å². The number of piperidine rings is 1. The third kappa shape index (κ3) is 5.22. The summed E-state index contributed by atoms with van der Waals surface area (Å²) in [5, 5.41) is 11.2. The van der Waals surface area contributed by atoms with Crippen molar-refractivity contribution in [2.75, 3.05) is 13.1 Å². The van der Waals surface area contributed by atoms with E-state index in [0.29, 0.717) is 28.5 Å². The number of hydrogen-bond acceptors (Lipinski definition) is 4. The van der Waals surface area contributed by atoms with Crippen LogP contribution in [0.4, 0.5) is 8.78 Å². The largest absolute Gasteiger partial charge is 0.392 e. The molecule has 1 saturated heterocycles. The number of rotatable bonds is 6. The second kappa shape index (κ2) is 10.7. The number of pyridine rings is 1. The number of aromatic nitrogens is 2. The number of β-amino-alcohol motifs (C(OH)–C–C–N with tert-alkyl or cyclic N) is 1. The van der Waals surface area contributed by atoms with Crippen molar-refractivity contribution in [3.63, 3.8) is 0 Å². The molecule has 1 atom stereocenters. The maximum atomic E-state index is 13.4. The van der Waals surface area contributed by atoms with Crippen molar-refractivity contribution in [1.29, 1.82) is 0 Å². The standard InChI is InChI=1S/C26H23ClF2IN3OS/c27-24-23(18-3-1-4-19(11-18)25(28)29)22-12-20(13-31-26(22)33(24)35-30)17-8-6-16(7-9-17)14-32-10-2-5-21(34)15-32/h1,3-4,6-9,11-13,21,25,34H,2,5,10,14-15H2. The molecule has 0 saturated carbocycles. The molecule has 5 rings (SSSR count). The van der Waals surface area contributed by atoms with Gasteiger partial charge in [-0.25, -0.2) is 17.7 Å². The molecular formula is C26H23ClF2IN3OS. The van der Waals surface area contributed by atoms with Crippen LogP contribution in [-0.4, -0.2) is 38.2 Å². The maximum Gasteiger partial charge on any atom is 0.263 e. The Hall–Kier alpha value is -1.72. The van der Waals surface area contributed by atoms with E-state index in [1.165, 1.54) is 26.8 Å². The Morgan fingerprint density at radius 2 is 1.91 bits per heavy atom. The van der Waals surface area contributed by atoms with Gasteiger partial charge in [0.1, 0.15) is 5.15 Å². The van der Waals surface area contributed by atoms with E-state index in [0.717, 1.165) is 42.4 Å². The molecule has 0 aliphatic carbocycles. The van der Waals surface area contributed by atoms with E-state index in [9.17, 15) is 13.9 Å². The molecule has 1 aliphatic heterocycles. The van der Waals surface area contributed by atoms with Gasteiger partial charge in [-0.05, 0) is 48.2 Å². The average Bonchev–Trinajstić information content (AvgIpc) is 3.14. The first-order chi connectivity index (χ1) is 16.9. The molecule has 1 fully saturated rings. The predicted octanol–water partition coefficient (Wildman–Crippen LogP) is 7.76. The summed E-state index contributed by atoms with van der Waals surface area (Å²) in [6.07, 6.45) is 0.918. The zero-order valence-corrected chi connectivity index (χ0v) is 22.4. The highest BCUT2D eigenvalue weighted by molar-refractivity contribution is 14.2. The number of alkyl halides is 2. The lowest BCUT2D eigenvalue weighted by molar-refractivity contribution is 0.0668. The first-order valence-electron chi connectivity index (χ1n) is 11.3. The molecule has 1 N–H and O–H groups in total. The van der Waals surface area contributed by atoms with E-state index < -0.39 is 6.43 Å². The zero-order chi connectivity index (χ0) is 24.5. The lowest BCUT2D eigenvalue weighted by Gasteiger charge is -2.29. The molecule has 2 aromatic carbocycles. The van der Waals surface area contributed by atoms with Crippen LogP contribution in [0.5, 0.6) is 0 Å². The molecule has 4 aromatic rings. The Morgan fingerprint density at radius 1 is 1.11 bits per heavy atom. The van der Waals surface area contributed by atoms with Crippen molar-refractivity contribution in [2.24, 2.45) is 0 Å². The molecule has 3 heterocycles. The van der Waals surface area contributed by atoms with Crippen LogP contribution in [0.25, 0.3) is 33.3 Å². The number of nitrogens with zero attached hydrogens (tertiary/aromatic N) is 3. The second-order valence-electron chi connectivity index (χ2n) is 8.78. The van der Waals surface area contributed by atoms with Gasteiger partial charge in [-0.3, -0.25) is 4.90 Å². The number of benzene rings is 2. The zero-order valence-electron chi connectivity index (χ0n) is 18.7. The van der Waals surface area contributed by atoms with Crippen molar-refractivity contribution >= 4 is 53.0 Å². The quantitative estimate of drug-likeness (QED) is 0.222. The average molecular weight is 626 g/mol. The van der Waals surface area contributed by atoms with Gasteiger partial charge >= 0.3 is 0 Å². The summed E-state index contributed by atoms with van der Waals surface area (Å²) in [4.78, 5) is 6.97. The summed E-state index contributed by atoms with van der Waals surface area (Å²) in [6.45, 7) is 2.52. The van der Waals surface area contributed by atoms with Gasteiger partial charge in [0.2, 0.25) is 0 Å². The maximum absolute atomic E-state index is 13.4. The van der Waals surface area contributed by atoms with Crippen LogP contribution >= 0.6 is 41.9 Å². The normalized spacial score (nSPS) is 16.9. The molecule has 182 valence electrons. The van der Waals surface area contributed by atoms with Gasteiger partial charge in [0.15, 0.2) is 5.65 Å². The van der Waals surface area contributed by atoms with E-state index >= 15 is 0 Å². The minimum absolute atomic E-state index is 0.0393. The topological polar surface area (TPSA) is 41.3 Å². The van der Waals surface area contributed by atoms with Crippen molar-refractivity contribution in [1.82, 2.24) is 13.9 Å². The van der Waals surface area contributed by atoms with Crippen molar-refractivity contribution in [3.8, 4) is 22.3 Å². The van der Waals surface area contributed by atoms with Gasteiger partial charge in [0, 0.05) is 71.7 Å². The van der Waals surface area contributed by atoms with E-state index in [-0.39, 0.29) is 11.7 Å². The summed E-state index contributed by atoms with van der Waals surface area (Å²) in [5.41, 5.74) is 5.12. The first kappa shape index (κ1) is 25.0. The summed E-state index contributed by atoms with van der Waals surface area (Å²) >= 11 is 8.87. The van der Waals surface area contributed by atoms with Crippen molar-refractivity contribution in [2.45, 2.75) is 31.9 Å². The Labute approximate surface area is 224 Å². The van der Waals surface area contributed by atoms with E-state index in [1.54, 1.807) is 12.1 Å². The summed E-state index contributed by atoms with van der Waals surface area (Å²) in [6, 6.07) is 16.7. The van der Waals surface area contributed by atoms with E-state index in [1.807, 2.05) is 16.2 Å². The molecule has 4 nitrogen and oxygen atoms in total. The fourth-order valence-electron chi connectivity index (χ4n) is 4.67. The Morgan fingerprint density at radius 3 is 2.63 bits per heavy atom. The molecule has 1 aliphatic rings. The van der Waals surface area contributed by atoms with Crippen LogP contribution in [0, 0.1) is 0 Å². The van der Waals surface area contributed by atoms with Crippen LogP contribution in [0.2, 0.25) is 5.15 Å². The highest BCUT2D eigenvalue weighted by Gasteiger charge is 2.21. The Kier molecular flexibility index (Phi) is 7.64. The molecule has 9 heteroatoms. The third-order valence-corrected chi connectivity index (χ3v) is 8.52. The smallest absolute Gasteiger partial charge is 0.263 e. The highest BCUT2D eigenvalue weighted by atomic mass is 127. The minimum Gasteiger partial charge on any atom is -0.392 e. The van der Waals surface area contributed by atoms with Crippen LogP contribution in [0.1, 0.15) is 30.4 Å². The molecule has 0 radical (unpaired) electrons. The van der Waals surface area contributed by atoms with Gasteiger partial charge < -0.3 is 5.11 Å². The van der Waals surface area contributed by atoms with Gasteiger partial charge in [0.25, 0.3) is 6.43 Å². The third-order valence-electron chi connectivity index (χ3n) is 6.38. The molecule has 0 spiro atoms. The lowest BCUT2D eigenvalue weighted by atomic mass is 10.00. The fourth-order valence-corrected chi connectivity index (χ4v) is 6.93. The van der Waals surface area contributed by atoms with E-state index in [2.05, 4.69) is 55.4 Å². The monoisotopic (exact) mass is 625 g/mol. The highest BCUT2D eigenvalue weighted by Crippen LogP contribution is 2.43. The van der Waals surface area contributed by atoms with Gasteiger partial charge in [-0.2, -0.15) is 0 Å². The molecule has 0 bridgehead atoms. The predicted molar refractivity (Wildman–Crippen MR) is 148 cm³/mol. The van der Waals surface area contributed by atoms with Crippen LogP contribution in [-0.2, 0) is 6.54 Å². The van der Waals surface area contributed by atoms with Gasteiger partial charge in [-0.1, -0.05) is 54.1 Å². The fraction of sp³-hybridized carbons (Fsp3) is 0.269. The van der Waals surface area contributed by atoms with Crippen LogP contribution in [0.15, 0.2) is 60.8 Å². The second-order valence-corrected chi connectivity index (χ2v) is 10.8. The number of aliphatic hydroxyl groups is 1.